The summed E-state index contributed by atoms with van der Waals surface area (Å²) in [5.74, 6) is 0. The van der Waals surface area contributed by atoms with Crippen molar-refractivity contribution in [1.29, 1.82) is 5.26 Å². The monoisotopic (exact) mass is 553 g/mol. The van der Waals surface area contributed by atoms with E-state index in [2.05, 4.69) is 137 Å². The SMILES string of the molecule is N#Cc1ccnc(-c2ccc(-n3c4c(c5cccc(-c6ccccc6)c53)-c3ccccc3Sc3ccccc3-4)cc2)c1. The fourth-order valence-corrected chi connectivity index (χ4v) is 7.13. The normalized spacial score (nSPS) is 11.7. The highest BCUT2D eigenvalue weighted by atomic mass is 32.2. The van der Waals surface area contributed by atoms with Crippen molar-refractivity contribution in [2.45, 2.75) is 9.79 Å². The maximum Gasteiger partial charge on any atom is 0.0992 e. The Hall–Kier alpha value is -5.37. The van der Waals surface area contributed by atoms with E-state index in [0.717, 1.165) is 16.9 Å². The molecule has 5 aromatic carbocycles. The van der Waals surface area contributed by atoms with Crippen LogP contribution >= 0.6 is 11.8 Å². The molecule has 0 N–H and O–H groups in total. The topological polar surface area (TPSA) is 41.6 Å². The molecule has 42 heavy (non-hydrogen) atoms. The fourth-order valence-electron chi connectivity index (χ4n) is 6.05. The minimum atomic E-state index is 0.603. The number of hydrogen-bond donors (Lipinski definition) is 0. The van der Waals surface area contributed by atoms with Crippen molar-refractivity contribution in [2.24, 2.45) is 0 Å². The lowest BCUT2D eigenvalue weighted by molar-refractivity contribution is 1.13. The highest BCUT2D eigenvalue weighted by molar-refractivity contribution is 7.99. The quantitative estimate of drug-likeness (QED) is 0.219. The van der Waals surface area contributed by atoms with E-state index in [4.69, 9.17) is 0 Å². The summed E-state index contributed by atoms with van der Waals surface area (Å²) in [6.45, 7) is 0. The molecule has 0 unspecified atom stereocenters. The molecule has 7 aromatic rings. The number of hydrogen-bond acceptors (Lipinski definition) is 3. The van der Waals surface area contributed by atoms with E-state index in [1.54, 1.807) is 12.3 Å². The molecule has 196 valence electrons. The van der Waals surface area contributed by atoms with Crippen LogP contribution in [0.25, 0.3) is 61.4 Å². The Labute approximate surface area is 248 Å². The lowest BCUT2D eigenvalue weighted by Gasteiger charge is -2.16. The second kappa shape index (κ2) is 9.92. The number of pyridine rings is 1. The van der Waals surface area contributed by atoms with Gasteiger partial charge in [0.25, 0.3) is 0 Å². The smallest absolute Gasteiger partial charge is 0.0992 e. The Balaban J connectivity index is 1.48. The second-order valence-corrected chi connectivity index (χ2v) is 11.4. The van der Waals surface area contributed by atoms with Crippen LogP contribution in [0.3, 0.4) is 0 Å². The third kappa shape index (κ3) is 3.87. The molecule has 3 heterocycles. The molecule has 1 aliphatic rings. The van der Waals surface area contributed by atoms with Crippen molar-refractivity contribution in [3.63, 3.8) is 0 Å². The molecule has 2 aromatic heterocycles. The van der Waals surface area contributed by atoms with E-state index >= 15 is 0 Å². The van der Waals surface area contributed by atoms with Gasteiger partial charge in [-0.3, -0.25) is 4.98 Å². The molecule has 0 bridgehead atoms. The van der Waals surface area contributed by atoms with Gasteiger partial charge in [-0.05, 0) is 47.5 Å². The predicted molar refractivity (Wildman–Crippen MR) is 172 cm³/mol. The van der Waals surface area contributed by atoms with Gasteiger partial charge in [-0.2, -0.15) is 5.26 Å². The Morgan fingerprint density at radius 1 is 0.619 bits per heavy atom. The maximum atomic E-state index is 9.40. The molecular formula is C38H23N3S. The first-order valence-corrected chi connectivity index (χ1v) is 14.7. The van der Waals surface area contributed by atoms with Gasteiger partial charge in [0.15, 0.2) is 0 Å². The third-order valence-electron chi connectivity index (χ3n) is 7.90. The van der Waals surface area contributed by atoms with Gasteiger partial charge in [0.05, 0.1) is 28.5 Å². The number of para-hydroxylation sites is 1. The number of benzene rings is 5. The summed E-state index contributed by atoms with van der Waals surface area (Å²) < 4.78 is 2.44. The molecule has 0 atom stereocenters. The summed E-state index contributed by atoms with van der Waals surface area (Å²) in [6.07, 6.45) is 1.69. The summed E-state index contributed by atoms with van der Waals surface area (Å²) in [4.78, 5) is 7.03. The number of fused-ring (bicyclic) bond motifs is 7. The van der Waals surface area contributed by atoms with Crippen LogP contribution in [0.4, 0.5) is 0 Å². The molecule has 0 aliphatic carbocycles. The molecule has 1 aliphatic heterocycles. The zero-order valence-corrected chi connectivity index (χ0v) is 23.3. The van der Waals surface area contributed by atoms with Gasteiger partial charge in [-0.1, -0.05) is 109 Å². The first-order chi connectivity index (χ1) is 20.8. The van der Waals surface area contributed by atoms with Crippen molar-refractivity contribution < 1.29 is 0 Å². The van der Waals surface area contributed by atoms with Crippen LogP contribution in [0, 0.1) is 11.3 Å². The molecule has 0 amide bonds. The van der Waals surface area contributed by atoms with Crippen LogP contribution in [0.2, 0.25) is 0 Å². The summed E-state index contributed by atoms with van der Waals surface area (Å²) in [5.41, 5.74) is 11.9. The number of rotatable bonds is 3. The summed E-state index contributed by atoms with van der Waals surface area (Å²) in [5, 5.41) is 10.6. The van der Waals surface area contributed by atoms with E-state index in [1.807, 2.05) is 17.8 Å². The highest BCUT2D eigenvalue weighted by Gasteiger charge is 2.28. The fraction of sp³-hybridized carbons (Fsp3) is 0. The zero-order valence-electron chi connectivity index (χ0n) is 22.5. The van der Waals surface area contributed by atoms with Crippen LogP contribution in [0.15, 0.2) is 149 Å². The van der Waals surface area contributed by atoms with Gasteiger partial charge in [0, 0.05) is 49.3 Å². The highest BCUT2D eigenvalue weighted by Crippen LogP contribution is 2.53. The lowest BCUT2D eigenvalue weighted by Crippen LogP contribution is -1.99. The first kappa shape index (κ1) is 24.4. The molecule has 3 nitrogen and oxygen atoms in total. The van der Waals surface area contributed by atoms with Crippen molar-refractivity contribution in [3.8, 4) is 56.5 Å². The minimum absolute atomic E-state index is 0.603. The van der Waals surface area contributed by atoms with E-state index < -0.39 is 0 Å². The Kier molecular flexibility index (Phi) is 5.77. The molecule has 8 rings (SSSR count). The Morgan fingerprint density at radius 3 is 2.10 bits per heavy atom. The maximum absolute atomic E-state index is 9.40. The first-order valence-electron chi connectivity index (χ1n) is 13.9. The van der Waals surface area contributed by atoms with Gasteiger partial charge in [0.1, 0.15) is 0 Å². The molecular weight excluding hydrogens is 531 g/mol. The largest absolute Gasteiger partial charge is 0.308 e. The summed E-state index contributed by atoms with van der Waals surface area (Å²) in [7, 11) is 0. The second-order valence-electron chi connectivity index (χ2n) is 10.3. The number of aromatic nitrogens is 2. The zero-order chi connectivity index (χ0) is 28.0. The van der Waals surface area contributed by atoms with Gasteiger partial charge in [0.2, 0.25) is 0 Å². The Bertz CT molecular complexity index is 2170. The van der Waals surface area contributed by atoms with E-state index in [9.17, 15) is 5.26 Å². The molecule has 0 saturated carbocycles. The van der Waals surface area contributed by atoms with Gasteiger partial charge >= 0.3 is 0 Å². The van der Waals surface area contributed by atoms with Gasteiger partial charge in [-0.15, -0.1) is 0 Å². The molecule has 0 radical (unpaired) electrons. The van der Waals surface area contributed by atoms with Crippen molar-refractivity contribution in [1.82, 2.24) is 9.55 Å². The minimum Gasteiger partial charge on any atom is -0.308 e. The van der Waals surface area contributed by atoms with Crippen LogP contribution < -0.4 is 0 Å². The average Bonchev–Trinajstić information content (AvgIpc) is 3.33. The number of nitriles is 1. The third-order valence-corrected chi connectivity index (χ3v) is 9.05. The Morgan fingerprint density at radius 2 is 1.31 bits per heavy atom. The van der Waals surface area contributed by atoms with Gasteiger partial charge < -0.3 is 4.57 Å². The van der Waals surface area contributed by atoms with Crippen molar-refractivity contribution >= 4 is 22.7 Å². The average molecular weight is 554 g/mol. The van der Waals surface area contributed by atoms with E-state index in [0.29, 0.717) is 5.56 Å². The van der Waals surface area contributed by atoms with E-state index in [1.165, 1.54) is 54.2 Å². The van der Waals surface area contributed by atoms with Crippen molar-refractivity contribution in [2.75, 3.05) is 0 Å². The predicted octanol–water partition coefficient (Wildman–Crippen LogP) is 10.0. The van der Waals surface area contributed by atoms with Crippen LogP contribution in [-0.2, 0) is 0 Å². The van der Waals surface area contributed by atoms with Gasteiger partial charge in [-0.25, -0.2) is 0 Å². The summed E-state index contributed by atoms with van der Waals surface area (Å²) >= 11 is 1.83. The molecule has 0 spiro atoms. The van der Waals surface area contributed by atoms with Crippen LogP contribution in [0.1, 0.15) is 5.56 Å². The van der Waals surface area contributed by atoms with Crippen LogP contribution in [0.5, 0.6) is 0 Å². The van der Waals surface area contributed by atoms with E-state index in [-0.39, 0.29) is 0 Å². The standard InChI is InChI=1S/C38H23N3S/c39-24-25-21-22-40-33(23-25)27-17-19-28(20-18-27)41-37-29(26-9-2-1-3-10-26)13-8-14-32(37)36-30-11-4-6-15-34(30)42-35-16-7-5-12-31(35)38(36)41/h1-23H. The van der Waals surface area contributed by atoms with Crippen molar-refractivity contribution in [3.05, 3.63) is 145 Å². The number of nitrogens with zero attached hydrogens (tertiary/aromatic N) is 3. The summed E-state index contributed by atoms with van der Waals surface area (Å²) in [6, 6.07) is 49.1. The molecule has 4 heteroatoms. The molecule has 0 fully saturated rings. The van der Waals surface area contributed by atoms with Crippen LogP contribution in [-0.4, -0.2) is 9.55 Å². The lowest BCUT2D eigenvalue weighted by atomic mass is 9.96. The molecule has 0 saturated heterocycles.